The molecule has 0 saturated heterocycles. The monoisotopic (exact) mass is 372 g/mol. The van der Waals surface area contributed by atoms with E-state index in [-0.39, 0.29) is 12.5 Å². The highest BCUT2D eigenvalue weighted by Gasteiger charge is 2.13. The summed E-state index contributed by atoms with van der Waals surface area (Å²) in [5, 5.41) is 10.7. The molecule has 0 bridgehead atoms. The van der Waals surface area contributed by atoms with E-state index in [1.54, 1.807) is 18.4 Å². The van der Waals surface area contributed by atoms with Gasteiger partial charge in [-0.3, -0.25) is 9.79 Å². The van der Waals surface area contributed by atoms with Crippen molar-refractivity contribution in [1.29, 1.82) is 0 Å². The summed E-state index contributed by atoms with van der Waals surface area (Å²) in [4.78, 5) is 18.6. The number of amides is 1. The van der Waals surface area contributed by atoms with Crippen LogP contribution in [0.2, 0.25) is 0 Å². The number of benzene rings is 1. The van der Waals surface area contributed by atoms with Crippen molar-refractivity contribution in [2.24, 2.45) is 4.99 Å². The summed E-state index contributed by atoms with van der Waals surface area (Å²) in [5.74, 6) is 1.10. The van der Waals surface area contributed by atoms with Crippen LogP contribution >= 0.6 is 11.3 Å². The number of likely N-dealkylation sites (N-methyl/N-ethyl adjacent to an activating group) is 1. The van der Waals surface area contributed by atoms with Gasteiger partial charge in [-0.25, -0.2) is 0 Å². The van der Waals surface area contributed by atoms with E-state index in [1.165, 1.54) is 5.56 Å². The summed E-state index contributed by atoms with van der Waals surface area (Å²) < 4.78 is 0. The highest BCUT2D eigenvalue weighted by Crippen LogP contribution is 2.16. The Morgan fingerprint density at radius 3 is 2.62 bits per heavy atom. The molecule has 140 valence electrons. The molecule has 0 radical (unpaired) electrons. The van der Waals surface area contributed by atoms with E-state index in [4.69, 9.17) is 0 Å². The molecule has 0 aliphatic rings. The first-order valence-corrected chi connectivity index (χ1v) is 9.86. The predicted molar refractivity (Wildman–Crippen MR) is 110 cm³/mol. The average Bonchev–Trinajstić information content (AvgIpc) is 3.21. The lowest BCUT2D eigenvalue weighted by Gasteiger charge is -2.22. The maximum absolute atomic E-state index is 12.5. The first-order chi connectivity index (χ1) is 12.6. The first kappa shape index (κ1) is 20.0. The third-order valence-electron chi connectivity index (χ3n) is 4.27. The summed E-state index contributed by atoms with van der Waals surface area (Å²) in [5.41, 5.74) is 2.45. The smallest absolute Gasteiger partial charge is 0.242 e. The second-order valence-electron chi connectivity index (χ2n) is 6.16. The molecule has 0 fully saturated rings. The summed E-state index contributed by atoms with van der Waals surface area (Å²) in [6, 6.07) is 12.2. The highest BCUT2D eigenvalue weighted by atomic mass is 32.1. The molecule has 0 aliphatic carbocycles. The standard InChI is InChI=1S/C20H28N4OS/c1-4-24(14-17-8-6-5-7-9-17)19(25)13-23-20(21-3)22-12-16(2)18-10-11-26-15-18/h5-11,15-16H,4,12-14H2,1-3H3,(H2,21,22,23). The van der Waals surface area contributed by atoms with Crippen molar-refractivity contribution in [1.82, 2.24) is 15.5 Å². The Kier molecular flexibility index (Phi) is 8.15. The Morgan fingerprint density at radius 2 is 2.00 bits per heavy atom. The van der Waals surface area contributed by atoms with Gasteiger partial charge in [0, 0.05) is 26.7 Å². The van der Waals surface area contributed by atoms with Crippen molar-refractivity contribution in [3.05, 3.63) is 58.3 Å². The van der Waals surface area contributed by atoms with Gasteiger partial charge >= 0.3 is 0 Å². The van der Waals surface area contributed by atoms with Gasteiger partial charge in [-0.2, -0.15) is 11.3 Å². The van der Waals surface area contributed by atoms with Crippen LogP contribution in [0.3, 0.4) is 0 Å². The molecule has 1 heterocycles. The Labute approximate surface area is 160 Å². The van der Waals surface area contributed by atoms with Crippen molar-refractivity contribution in [2.45, 2.75) is 26.3 Å². The third kappa shape index (κ3) is 6.19. The minimum absolute atomic E-state index is 0.0604. The number of aliphatic imine (C=N–C) groups is 1. The predicted octanol–water partition coefficient (Wildman–Crippen LogP) is 3.07. The van der Waals surface area contributed by atoms with Gasteiger partial charge in [-0.05, 0) is 40.8 Å². The molecular weight excluding hydrogens is 344 g/mol. The van der Waals surface area contributed by atoms with Crippen molar-refractivity contribution < 1.29 is 4.79 Å². The molecule has 1 aromatic carbocycles. The normalized spacial score (nSPS) is 12.5. The van der Waals surface area contributed by atoms with Crippen molar-refractivity contribution in [3.8, 4) is 0 Å². The van der Waals surface area contributed by atoms with Gasteiger partial charge in [-0.15, -0.1) is 0 Å². The SMILES string of the molecule is CCN(Cc1ccccc1)C(=O)CNC(=NC)NCC(C)c1ccsc1. The van der Waals surface area contributed by atoms with Crippen molar-refractivity contribution >= 4 is 23.2 Å². The molecule has 1 unspecified atom stereocenters. The Bertz CT molecular complexity index is 685. The van der Waals surface area contributed by atoms with Crippen LogP contribution in [0.1, 0.15) is 30.9 Å². The lowest BCUT2D eigenvalue weighted by molar-refractivity contribution is -0.130. The second-order valence-corrected chi connectivity index (χ2v) is 6.94. The minimum Gasteiger partial charge on any atom is -0.356 e. The van der Waals surface area contributed by atoms with Crippen LogP contribution in [0.25, 0.3) is 0 Å². The highest BCUT2D eigenvalue weighted by molar-refractivity contribution is 7.07. The third-order valence-corrected chi connectivity index (χ3v) is 4.97. The van der Waals surface area contributed by atoms with Crippen LogP contribution in [-0.2, 0) is 11.3 Å². The Balaban J connectivity index is 1.79. The van der Waals surface area contributed by atoms with Gasteiger partial charge in [0.1, 0.15) is 0 Å². The van der Waals surface area contributed by atoms with Crippen LogP contribution in [0, 0.1) is 0 Å². The number of hydrogen-bond donors (Lipinski definition) is 2. The first-order valence-electron chi connectivity index (χ1n) is 8.92. The number of nitrogens with one attached hydrogen (secondary N) is 2. The van der Waals surface area contributed by atoms with Crippen LogP contribution in [0.5, 0.6) is 0 Å². The number of carbonyl (C=O) groups is 1. The lowest BCUT2D eigenvalue weighted by atomic mass is 10.1. The summed E-state index contributed by atoms with van der Waals surface area (Å²) >= 11 is 1.70. The van der Waals surface area contributed by atoms with Crippen LogP contribution in [-0.4, -0.2) is 43.4 Å². The van der Waals surface area contributed by atoms with Gasteiger partial charge in [0.25, 0.3) is 0 Å². The van der Waals surface area contributed by atoms with Crippen LogP contribution in [0.4, 0.5) is 0 Å². The number of thiophene rings is 1. The zero-order chi connectivity index (χ0) is 18.8. The molecule has 1 amide bonds. The topological polar surface area (TPSA) is 56.7 Å². The largest absolute Gasteiger partial charge is 0.356 e. The molecule has 1 aromatic heterocycles. The summed E-state index contributed by atoms with van der Waals surface area (Å²) in [6.45, 7) is 6.47. The van der Waals surface area contributed by atoms with E-state index in [0.717, 1.165) is 12.1 Å². The Hall–Kier alpha value is -2.34. The maximum atomic E-state index is 12.5. The quantitative estimate of drug-likeness (QED) is 0.553. The van der Waals surface area contributed by atoms with E-state index in [1.807, 2.05) is 42.2 Å². The van der Waals surface area contributed by atoms with Crippen LogP contribution in [0.15, 0.2) is 52.2 Å². The summed E-state index contributed by atoms with van der Waals surface area (Å²) in [7, 11) is 1.72. The summed E-state index contributed by atoms with van der Waals surface area (Å²) in [6.07, 6.45) is 0. The fourth-order valence-corrected chi connectivity index (χ4v) is 3.38. The van der Waals surface area contributed by atoms with Gasteiger partial charge in [0.05, 0.1) is 6.54 Å². The average molecular weight is 373 g/mol. The molecule has 0 aliphatic heterocycles. The van der Waals surface area contributed by atoms with E-state index in [9.17, 15) is 4.79 Å². The zero-order valence-electron chi connectivity index (χ0n) is 15.7. The Morgan fingerprint density at radius 1 is 1.23 bits per heavy atom. The van der Waals surface area contributed by atoms with Gasteiger partial charge in [-0.1, -0.05) is 37.3 Å². The molecule has 6 heteroatoms. The lowest BCUT2D eigenvalue weighted by Crippen LogP contribution is -2.45. The minimum atomic E-state index is 0.0604. The number of hydrogen-bond acceptors (Lipinski definition) is 3. The maximum Gasteiger partial charge on any atom is 0.242 e. The molecule has 1 atom stereocenters. The number of carbonyl (C=O) groups excluding carboxylic acids is 1. The number of nitrogens with zero attached hydrogens (tertiary/aromatic N) is 2. The van der Waals surface area contributed by atoms with Crippen molar-refractivity contribution in [3.63, 3.8) is 0 Å². The van der Waals surface area contributed by atoms with Gasteiger partial charge in [0.2, 0.25) is 5.91 Å². The van der Waals surface area contributed by atoms with Gasteiger partial charge < -0.3 is 15.5 Å². The van der Waals surface area contributed by atoms with Crippen molar-refractivity contribution in [2.75, 3.05) is 26.7 Å². The molecule has 5 nitrogen and oxygen atoms in total. The number of guanidine groups is 1. The van der Waals surface area contributed by atoms with E-state index >= 15 is 0 Å². The molecule has 2 rings (SSSR count). The van der Waals surface area contributed by atoms with E-state index < -0.39 is 0 Å². The molecule has 0 saturated carbocycles. The number of rotatable bonds is 8. The zero-order valence-corrected chi connectivity index (χ0v) is 16.6. The molecule has 26 heavy (non-hydrogen) atoms. The van der Waals surface area contributed by atoms with Crippen LogP contribution < -0.4 is 10.6 Å². The molecule has 2 aromatic rings. The molecule has 0 spiro atoms. The fourth-order valence-electron chi connectivity index (χ4n) is 2.59. The second kappa shape index (κ2) is 10.6. The van der Waals surface area contributed by atoms with E-state index in [2.05, 4.69) is 39.4 Å². The molecular formula is C20H28N4OS. The van der Waals surface area contributed by atoms with Gasteiger partial charge in [0.15, 0.2) is 5.96 Å². The van der Waals surface area contributed by atoms with E-state index in [0.29, 0.717) is 25.0 Å². The fraction of sp³-hybridized carbons (Fsp3) is 0.400. The molecule has 2 N–H and O–H groups in total.